The van der Waals surface area contributed by atoms with Crippen molar-refractivity contribution in [3.8, 4) is 5.75 Å². The molecule has 0 aromatic heterocycles. The lowest BCUT2D eigenvalue weighted by molar-refractivity contribution is -0.142. The Hall–Kier alpha value is -7.82. The molecular formula is C47H68N16O11S2. The highest BCUT2D eigenvalue weighted by Crippen LogP contribution is 2.26. The van der Waals surface area contributed by atoms with Crippen LogP contribution in [0.3, 0.4) is 0 Å². The van der Waals surface area contributed by atoms with E-state index in [1.54, 1.807) is 42.5 Å². The van der Waals surface area contributed by atoms with Crippen LogP contribution in [0.1, 0.15) is 62.5 Å². The second-order valence-corrected chi connectivity index (χ2v) is 20.4. The van der Waals surface area contributed by atoms with Crippen LogP contribution in [0.2, 0.25) is 0 Å². The van der Waals surface area contributed by atoms with Crippen LogP contribution in [-0.2, 0) is 60.8 Å². The number of nitrogens with one attached hydrogen (secondary N) is 7. The number of carbonyl (C=O) groups excluding carboxylic acids is 10. The Balaban J connectivity index is 1.70. The summed E-state index contributed by atoms with van der Waals surface area (Å²) in [5.74, 6) is -8.73. The van der Waals surface area contributed by atoms with E-state index in [2.05, 4.69) is 47.2 Å². The van der Waals surface area contributed by atoms with Gasteiger partial charge in [0.15, 0.2) is 11.9 Å². The molecule has 2 aromatic carbocycles. The summed E-state index contributed by atoms with van der Waals surface area (Å²) in [5.41, 5.74) is 33.9. The largest absolute Gasteiger partial charge is 0.508 e. The highest BCUT2D eigenvalue weighted by molar-refractivity contribution is 8.76. The van der Waals surface area contributed by atoms with Gasteiger partial charge in [-0.05, 0) is 61.8 Å². The standard InChI is InChI=1S/C47H68N16O11S2/c48-36(65)23-33-43(72)62-34(45(74)63-19-6-11-35(63)44(73)59-29(9-4-17-54-46(50)51)39(68)56-24-37(49)66)25-76-75-20-16-38(67)57-31(22-27-12-14-28(64)15-13-27)41(70)60-32(21-26-7-2-1-3-8-26)42(71)58-30(40(69)61-33)10-5-18-55-47(52)53/h1-3,7-8,12-15,29-35,64H,4-6,9-11,16-25H2,(H2,48,65)(H2,49,66)(H,56,68)(H,57,67)(H,58,71)(H,59,73)(H,60,70)(H,61,69)(H,62,72)(H4,50,51,54)(H4,52,53,55). The van der Waals surface area contributed by atoms with Crippen molar-refractivity contribution in [2.24, 2.45) is 44.4 Å². The summed E-state index contributed by atoms with van der Waals surface area (Å²) >= 11 is 0. The normalized spacial score (nSPS) is 21.4. The fourth-order valence-corrected chi connectivity index (χ4v) is 10.1. The first-order chi connectivity index (χ1) is 36.2. The molecule has 7 unspecified atom stereocenters. The molecule has 0 bridgehead atoms. The number of hydrogen-bond acceptors (Lipinski definition) is 15. The van der Waals surface area contributed by atoms with Crippen LogP contribution in [0, 0.1) is 0 Å². The number of guanidine groups is 2. The smallest absolute Gasteiger partial charge is 0.246 e. The highest BCUT2D eigenvalue weighted by Gasteiger charge is 2.40. The molecule has 29 heteroatoms. The number of likely N-dealkylation sites (tertiary alicyclic amines) is 1. The first-order valence-electron chi connectivity index (χ1n) is 24.3. The van der Waals surface area contributed by atoms with Crippen molar-refractivity contribution in [1.82, 2.24) is 42.1 Å². The van der Waals surface area contributed by atoms with Crippen molar-refractivity contribution in [2.75, 3.05) is 37.7 Å². The van der Waals surface area contributed by atoms with E-state index >= 15 is 0 Å². The summed E-state index contributed by atoms with van der Waals surface area (Å²) < 4.78 is 0. The molecule has 2 fully saturated rings. The van der Waals surface area contributed by atoms with E-state index < -0.39 is 114 Å². The molecule has 2 aromatic rings. The number of carbonyl (C=O) groups is 10. The van der Waals surface area contributed by atoms with Gasteiger partial charge >= 0.3 is 0 Å². The minimum atomic E-state index is -1.72. The molecule has 2 heterocycles. The second-order valence-electron chi connectivity index (χ2n) is 17.8. The lowest BCUT2D eigenvalue weighted by Crippen LogP contribution is -2.61. The number of nitrogens with zero attached hydrogens (tertiary/aromatic N) is 3. The number of amides is 10. The van der Waals surface area contributed by atoms with Crippen LogP contribution in [0.15, 0.2) is 64.6 Å². The molecular weight excluding hydrogens is 1030 g/mol. The third kappa shape index (κ3) is 21.2. The molecule has 7 atom stereocenters. The van der Waals surface area contributed by atoms with Crippen molar-refractivity contribution < 1.29 is 53.1 Å². The maximum Gasteiger partial charge on any atom is 0.246 e. The number of primary amides is 2. The maximum absolute atomic E-state index is 14.6. The van der Waals surface area contributed by atoms with Crippen molar-refractivity contribution in [3.63, 3.8) is 0 Å². The Morgan fingerprint density at radius 3 is 1.91 bits per heavy atom. The van der Waals surface area contributed by atoms with E-state index in [-0.39, 0.29) is 100 Å². The number of benzene rings is 2. The summed E-state index contributed by atoms with van der Waals surface area (Å²) in [5, 5.41) is 28.2. The zero-order valence-electron chi connectivity index (χ0n) is 41.7. The van der Waals surface area contributed by atoms with E-state index in [1.807, 2.05) is 0 Å². The fourth-order valence-electron chi connectivity index (χ4n) is 8.00. The van der Waals surface area contributed by atoms with E-state index in [1.165, 1.54) is 17.0 Å². The number of phenolic OH excluding ortho intramolecular Hbond substituents is 1. The number of phenols is 1. The van der Waals surface area contributed by atoms with Crippen molar-refractivity contribution in [2.45, 2.75) is 107 Å². The quantitative estimate of drug-likeness (QED) is 0.0257. The van der Waals surface area contributed by atoms with Gasteiger partial charge in [0, 0.05) is 50.4 Å². The van der Waals surface area contributed by atoms with Crippen molar-refractivity contribution in [1.29, 1.82) is 0 Å². The molecule has 0 spiro atoms. The van der Waals surface area contributed by atoms with Crippen LogP contribution in [-0.4, -0.2) is 161 Å². The third-order valence-corrected chi connectivity index (χ3v) is 14.2. The molecule has 0 saturated carbocycles. The third-order valence-electron chi connectivity index (χ3n) is 11.8. The van der Waals surface area contributed by atoms with E-state index in [4.69, 9.17) is 34.4 Å². The maximum atomic E-state index is 14.6. The predicted molar refractivity (Wildman–Crippen MR) is 284 cm³/mol. The number of hydrogen-bond donors (Lipinski definition) is 14. The molecule has 4 rings (SSSR count). The second kappa shape index (κ2) is 31.2. The summed E-state index contributed by atoms with van der Waals surface area (Å²) in [7, 11) is 2.22. The molecule has 0 aliphatic carbocycles. The van der Waals surface area contributed by atoms with Crippen LogP contribution in [0.25, 0.3) is 0 Å². The lowest BCUT2D eigenvalue weighted by Gasteiger charge is -2.31. The first-order valence-corrected chi connectivity index (χ1v) is 26.8. The number of nitrogens with two attached hydrogens (primary N) is 6. The van der Waals surface area contributed by atoms with Gasteiger partial charge in [0.1, 0.15) is 48.0 Å². The van der Waals surface area contributed by atoms with E-state index in [0.29, 0.717) is 17.5 Å². The molecule has 414 valence electrons. The summed E-state index contributed by atoms with van der Waals surface area (Å²) in [6.07, 6.45) is -0.353. The summed E-state index contributed by atoms with van der Waals surface area (Å²) in [6.45, 7) is -0.368. The predicted octanol–water partition coefficient (Wildman–Crippen LogP) is -4.55. The average molecular weight is 1100 g/mol. The van der Waals surface area contributed by atoms with Crippen LogP contribution in [0.4, 0.5) is 0 Å². The van der Waals surface area contributed by atoms with Gasteiger partial charge in [0.05, 0.1) is 13.0 Å². The van der Waals surface area contributed by atoms with Gasteiger partial charge in [-0.15, -0.1) is 0 Å². The van der Waals surface area contributed by atoms with Gasteiger partial charge in [0.2, 0.25) is 59.1 Å². The number of aliphatic imine (C=N–C) groups is 2. The van der Waals surface area contributed by atoms with Crippen LogP contribution in [0.5, 0.6) is 5.75 Å². The van der Waals surface area contributed by atoms with Gasteiger partial charge in [-0.25, -0.2) is 0 Å². The van der Waals surface area contributed by atoms with E-state index in [0.717, 1.165) is 21.6 Å². The fraction of sp³-hybridized carbons (Fsp3) is 0.489. The number of rotatable bonds is 20. The highest BCUT2D eigenvalue weighted by atomic mass is 33.1. The average Bonchev–Trinajstić information content (AvgIpc) is 3.87. The zero-order valence-corrected chi connectivity index (χ0v) is 43.3. The molecule has 20 N–H and O–H groups in total. The first kappa shape index (κ1) is 60.7. The van der Waals surface area contributed by atoms with Crippen molar-refractivity contribution in [3.05, 3.63) is 65.7 Å². The molecule has 76 heavy (non-hydrogen) atoms. The zero-order chi connectivity index (χ0) is 55.7. The summed E-state index contributed by atoms with van der Waals surface area (Å²) in [4.78, 5) is 146. The van der Waals surface area contributed by atoms with Crippen molar-refractivity contribution >= 4 is 92.6 Å². The number of aromatic hydroxyl groups is 1. The van der Waals surface area contributed by atoms with Crippen LogP contribution < -0.4 is 71.6 Å². The Kier molecular flexibility index (Phi) is 24.9. The molecule has 2 aliphatic rings. The molecule has 0 radical (unpaired) electrons. The summed E-state index contributed by atoms with van der Waals surface area (Å²) in [6, 6.07) is 5.04. The van der Waals surface area contributed by atoms with Gasteiger partial charge in [-0.2, -0.15) is 0 Å². The SMILES string of the molecule is NC(=O)CNC(=O)C(CCCN=C(N)N)NC(=O)C1CCCN1C(=O)C1CSSCCC(=O)NC(Cc2ccc(O)cc2)C(=O)NC(Cc2ccccc2)C(=O)NC(CCCN=C(N)N)C(=O)NC(CC(N)=O)C(=O)N1. The van der Waals surface area contributed by atoms with Gasteiger partial charge in [-0.3, -0.25) is 57.9 Å². The Morgan fingerprint density at radius 2 is 1.28 bits per heavy atom. The molecule has 27 nitrogen and oxygen atoms in total. The molecule has 2 aliphatic heterocycles. The minimum absolute atomic E-state index is 0.00750. The topological polar surface area (TPSA) is 459 Å². The lowest BCUT2D eigenvalue weighted by atomic mass is 10.0. The van der Waals surface area contributed by atoms with Crippen LogP contribution >= 0.6 is 21.6 Å². The van der Waals surface area contributed by atoms with Gasteiger partial charge < -0.3 is 81.6 Å². The Bertz CT molecular complexity index is 2430. The molecule has 2 saturated heterocycles. The minimum Gasteiger partial charge on any atom is -0.508 e. The van der Waals surface area contributed by atoms with Gasteiger partial charge in [-0.1, -0.05) is 64.1 Å². The molecule has 10 amide bonds. The van der Waals surface area contributed by atoms with Gasteiger partial charge in [0.25, 0.3) is 0 Å². The Labute approximate surface area is 446 Å². The van der Waals surface area contributed by atoms with E-state index in [9.17, 15) is 53.1 Å². The Morgan fingerprint density at radius 1 is 0.697 bits per heavy atom. The monoisotopic (exact) mass is 1100 g/mol.